The molecule has 0 bridgehead atoms. The summed E-state index contributed by atoms with van der Waals surface area (Å²) in [5.41, 5.74) is 0.634. The maximum absolute atomic E-state index is 13.1. The topological polar surface area (TPSA) is 65.5 Å². The van der Waals surface area contributed by atoms with E-state index < -0.39 is 6.10 Å². The van der Waals surface area contributed by atoms with Crippen molar-refractivity contribution in [2.45, 2.75) is 50.3 Å². The van der Waals surface area contributed by atoms with Crippen LogP contribution in [0.5, 0.6) is 5.75 Å². The standard InChI is InChI=1S/C24H37N3O4/c1-25(21-5-4-6-22(23(21)28)27-14-16-30-17-15-27)24(29)19-7-9-20(10-8-19)31-18-13-26-11-2-3-12-26/h7-10,21-23,28H,2-6,11-18H2,1H3/t21-,22-,23-/m1/s1. The minimum absolute atomic E-state index is 0.0460. The second-order valence-electron chi connectivity index (χ2n) is 9.04. The molecule has 2 aliphatic heterocycles. The van der Waals surface area contributed by atoms with E-state index in [1.807, 2.05) is 31.3 Å². The molecule has 172 valence electrons. The number of morpholine rings is 1. The fourth-order valence-corrected chi connectivity index (χ4v) is 5.21. The van der Waals surface area contributed by atoms with Gasteiger partial charge in [0.2, 0.25) is 0 Å². The normalized spacial score (nSPS) is 27.9. The summed E-state index contributed by atoms with van der Waals surface area (Å²) < 4.78 is 11.3. The van der Waals surface area contributed by atoms with Crippen molar-refractivity contribution in [1.29, 1.82) is 0 Å². The summed E-state index contributed by atoms with van der Waals surface area (Å²) in [6.07, 6.45) is 4.87. The van der Waals surface area contributed by atoms with Gasteiger partial charge in [0.05, 0.1) is 25.4 Å². The molecule has 1 N–H and O–H groups in total. The Morgan fingerprint density at radius 3 is 2.52 bits per heavy atom. The van der Waals surface area contributed by atoms with Crippen LogP contribution in [-0.2, 0) is 4.74 Å². The van der Waals surface area contributed by atoms with E-state index in [1.165, 1.54) is 25.9 Å². The van der Waals surface area contributed by atoms with Crippen LogP contribution < -0.4 is 4.74 Å². The van der Waals surface area contributed by atoms with Crippen LogP contribution >= 0.6 is 0 Å². The highest BCUT2D eigenvalue weighted by molar-refractivity contribution is 5.94. The van der Waals surface area contributed by atoms with E-state index in [0.29, 0.717) is 12.2 Å². The summed E-state index contributed by atoms with van der Waals surface area (Å²) in [5.74, 6) is 0.749. The Morgan fingerprint density at radius 1 is 1.10 bits per heavy atom. The van der Waals surface area contributed by atoms with E-state index in [2.05, 4.69) is 9.80 Å². The van der Waals surface area contributed by atoms with Gasteiger partial charge in [-0.3, -0.25) is 14.6 Å². The molecule has 31 heavy (non-hydrogen) atoms. The Morgan fingerprint density at radius 2 is 1.81 bits per heavy atom. The van der Waals surface area contributed by atoms with Crippen LogP contribution in [0.15, 0.2) is 24.3 Å². The molecule has 1 aromatic carbocycles. The highest BCUT2D eigenvalue weighted by atomic mass is 16.5. The van der Waals surface area contributed by atoms with Crippen LogP contribution in [-0.4, -0.2) is 103 Å². The molecule has 1 aliphatic carbocycles. The van der Waals surface area contributed by atoms with Crippen molar-refractivity contribution in [3.8, 4) is 5.75 Å². The van der Waals surface area contributed by atoms with Gasteiger partial charge >= 0.3 is 0 Å². The van der Waals surface area contributed by atoms with Crippen LogP contribution in [0.1, 0.15) is 42.5 Å². The van der Waals surface area contributed by atoms with Crippen LogP contribution in [0.4, 0.5) is 0 Å². The average molecular weight is 432 g/mol. The number of likely N-dealkylation sites (tertiary alicyclic amines) is 1. The number of hydrogen-bond donors (Lipinski definition) is 1. The van der Waals surface area contributed by atoms with E-state index in [9.17, 15) is 9.90 Å². The minimum atomic E-state index is -0.533. The Balaban J connectivity index is 1.31. The first kappa shape index (κ1) is 22.5. The molecule has 2 heterocycles. The summed E-state index contributed by atoms with van der Waals surface area (Å²) in [6.45, 7) is 7.10. The van der Waals surface area contributed by atoms with Gasteiger partial charge in [0.25, 0.3) is 5.91 Å². The SMILES string of the molecule is CN(C(=O)c1ccc(OCCN2CCCC2)cc1)[C@@H]1CCC[C@@H](N2CCOCC2)[C@@H]1O. The van der Waals surface area contributed by atoms with Crippen molar-refractivity contribution in [2.75, 3.05) is 59.6 Å². The molecule has 0 unspecified atom stereocenters. The van der Waals surface area contributed by atoms with Crippen LogP contribution in [0.25, 0.3) is 0 Å². The van der Waals surface area contributed by atoms with Crippen LogP contribution in [0.3, 0.4) is 0 Å². The lowest BCUT2D eigenvalue weighted by atomic mass is 9.86. The highest BCUT2D eigenvalue weighted by Gasteiger charge is 2.39. The first-order valence-electron chi connectivity index (χ1n) is 11.9. The van der Waals surface area contributed by atoms with Gasteiger partial charge < -0.3 is 19.5 Å². The first-order chi connectivity index (χ1) is 15.1. The third-order valence-corrected chi connectivity index (χ3v) is 7.10. The van der Waals surface area contributed by atoms with E-state index in [0.717, 1.165) is 57.9 Å². The smallest absolute Gasteiger partial charge is 0.253 e. The molecule has 3 fully saturated rings. The second-order valence-corrected chi connectivity index (χ2v) is 9.04. The lowest BCUT2D eigenvalue weighted by Crippen LogP contribution is -2.58. The number of nitrogens with zero attached hydrogens (tertiary/aromatic N) is 3. The molecule has 0 radical (unpaired) electrons. The van der Waals surface area contributed by atoms with Gasteiger partial charge in [-0.15, -0.1) is 0 Å². The number of benzene rings is 1. The fraction of sp³-hybridized carbons (Fsp3) is 0.708. The van der Waals surface area contributed by atoms with Gasteiger partial charge in [0.15, 0.2) is 0 Å². The van der Waals surface area contributed by atoms with Crippen molar-refractivity contribution in [3.63, 3.8) is 0 Å². The lowest BCUT2D eigenvalue weighted by Gasteiger charge is -2.45. The zero-order valence-corrected chi connectivity index (χ0v) is 18.7. The number of aliphatic hydroxyl groups excluding tert-OH is 1. The summed E-state index contributed by atoms with van der Waals surface area (Å²) in [6, 6.07) is 7.35. The quantitative estimate of drug-likeness (QED) is 0.711. The number of carbonyl (C=O) groups is 1. The van der Waals surface area contributed by atoms with Crippen LogP contribution in [0.2, 0.25) is 0 Å². The molecular formula is C24H37N3O4. The number of aliphatic hydroxyl groups is 1. The zero-order valence-electron chi connectivity index (χ0n) is 18.7. The highest BCUT2D eigenvalue weighted by Crippen LogP contribution is 2.28. The fourth-order valence-electron chi connectivity index (χ4n) is 5.21. The number of carbonyl (C=O) groups excluding carboxylic acids is 1. The van der Waals surface area contributed by atoms with Crippen molar-refractivity contribution in [3.05, 3.63) is 29.8 Å². The maximum atomic E-state index is 13.1. The molecule has 1 aromatic rings. The maximum Gasteiger partial charge on any atom is 0.253 e. The van der Waals surface area contributed by atoms with Gasteiger partial charge in [-0.25, -0.2) is 0 Å². The first-order valence-corrected chi connectivity index (χ1v) is 11.9. The summed E-state index contributed by atoms with van der Waals surface area (Å²) in [4.78, 5) is 19.6. The predicted molar refractivity (Wildman–Crippen MR) is 120 cm³/mol. The van der Waals surface area contributed by atoms with Gasteiger partial charge in [-0.1, -0.05) is 0 Å². The number of rotatable bonds is 7. The predicted octanol–water partition coefficient (Wildman–Crippen LogP) is 1.85. The summed E-state index contributed by atoms with van der Waals surface area (Å²) >= 11 is 0. The molecule has 1 amide bonds. The molecule has 7 heteroatoms. The number of ether oxygens (including phenoxy) is 2. The van der Waals surface area contributed by atoms with Gasteiger partial charge in [0, 0.05) is 38.3 Å². The molecule has 1 saturated carbocycles. The molecule has 3 aliphatic rings. The third-order valence-electron chi connectivity index (χ3n) is 7.10. The minimum Gasteiger partial charge on any atom is -0.492 e. The van der Waals surface area contributed by atoms with Crippen molar-refractivity contribution in [1.82, 2.24) is 14.7 Å². The van der Waals surface area contributed by atoms with E-state index >= 15 is 0 Å². The molecule has 0 aromatic heterocycles. The lowest BCUT2D eigenvalue weighted by molar-refractivity contribution is -0.0613. The Kier molecular flexibility index (Phi) is 7.82. The average Bonchev–Trinajstić information content (AvgIpc) is 3.33. The summed E-state index contributed by atoms with van der Waals surface area (Å²) in [5, 5.41) is 11.1. The van der Waals surface area contributed by atoms with Crippen molar-refractivity contribution >= 4 is 5.91 Å². The monoisotopic (exact) mass is 431 g/mol. The van der Waals surface area contributed by atoms with Gasteiger partial charge in [-0.05, 0) is 69.5 Å². The number of likely N-dealkylation sites (N-methyl/N-ethyl adjacent to an activating group) is 1. The Labute approximate surface area is 185 Å². The molecule has 3 atom stereocenters. The van der Waals surface area contributed by atoms with E-state index in [4.69, 9.17) is 9.47 Å². The summed E-state index contributed by atoms with van der Waals surface area (Å²) in [7, 11) is 1.82. The number of amides is 1. The van der Waals surface area contributed by atoms with Gasteiger partial charge in [0.1, 0.15) is 12.4 Å². The molecule has 0 spiro atoms. The van der Waals surface area contributed by atoms with E-state index in [1.54, 1.807) is 4.90 Å². The zero-order chi connectivity index (χ0) is 21.6. The van der Waals surface area contributed by atoms with E-state index in [-0.39, 0.29) is 18.0 Å². The Bertz CT molecular complexity index is 701. The molecule has 2 saturated heterocycles. The molecule has 4 rings (SSSR count). The van der Waals surface area contributed by atoms with Crippen LogP contribution in [0, 0.1) is 0 Å². The molecule has 7 nitrogen and oxygen atoms in total. The van der Waals surface area contributed by atoms with Crippen molar-refractivity contribution < 1.29 is 19.4 Å². The number of hydrogen-bond acceptors (Lipinski definition) is 6. The largest absolute Gasteiger partial charge is 0.492 e. The third kappa shape index (κ3) is 5.58. The van der Waals surface area contributed by atoms with Gasteiger partial charge in [-0.2, -0.15) is 0 Å². The Hall–Kier alpha value is -1.67. The van der Waals surface area contributed by atoms with Crippen molar-refractivity contribution in [2.24, 2.45) is 0 Å². The second kappa shape index (κ2) is 10.8. The molecular weight excluding hydrogens is 394 g/mol.